The second-order valence-electron chi connectivity index (χ2n) is 14.3. The number of amidine groups is 2. The minimum atomic E-state index is 0.416. The van der Waals surface area contributed by atoms with E-state index in [0.29, 0.717) is 18.2 Å². The molecule has 0 fully saturated rings. The maximum absolute atomic E-state index is 6.74. The lowest BCUT2D eigenvalue weighted by Crippen LogP contribution is -2.06. The number of fused-ring (bicyclic) bond motifs is 9. The Kier molecular flexibility index (Phi) is 7.93. The zero-order valence-corrected chi connectivity index (χ0v) is 31.2. The molecule has 0 amide bonds. The molecule has 0 aliphatic heterocycles. The molecular formula is C52H33N3O3. The van der Waals surface area contributed by atoms with Gasteiger partial charge < -0.3 is 13.3 Å². The highest BCUT2D eigenvalue weighted by Gasteiger charge is 2.21. The first kappa shape index (κ1) is 33.5. The smallest absolute Gasteiger partial charge is 0.161 e. The molecular weight excluding hydrogens is 715 g/mol. The highest BCUT2D eigenvalue weighted by molar-refractivity contribution is 6.24. The Hall–Kier alpha value is -7.83. The first-order valence-corrected chi connectivity index (χ1v) is 19.2. The predicted octanol–water partition coefficient (Wildman–Crippen LogP) is 13.8. The van der Waals surface area contributed by atoms with E-state index in [1.165, 1.54) is 5.56 Å². The van der Waals surface area contributed by atoms with Gasteiger partial charge in [-0.3, -0.25) is 4.99 Å². The first-order valence-electron chi connectivity index (χ1n) is 19.2. The lowest BCUT2D eigenvalue weighted by Gasteiger charge is -2.08. The van der Waals surface area contributed by atoms with Gasteiger partial charge in [0.1, 0.15) is 33.5 Å². The van der Waals surface area contributed by atoms with Gasteiger partial charge in [-0.15, -0.1) is 0 Å². The Morgan fingerprint density at radius 2 is 1.07 bits per heavy atom. The normalized spacial score (nSPS) is 12.5. The van der Waals surface area contributed by atoms with E-state index in [0.717, 1.165) is 99.2 Å². The van der Waals surface area contributed by atoms with E-state index < -0.39 is 0 Å². The molecule has 0 N–H and O–H groups in total. The van der Waals surface area contributed by atoms with Gasteiger partial charge in [-0.05, 0) is 71.4 Å². The average molecular weight is 748 g/mol. The monoisotopic (exact) mass is 747 g/mol. The second kappa shape index (κ2) is 13.7. The summed E-state index contributed by atoms with van der Waals surface area (Å²) in [6, 6.07) is 59.6. The van der Waals surface area contributed by atoms with Crippen molar-refractivity contribution in [3.63, 3.8) is 0 Å². The summed E-state index contributed by atoms with van der Waals surface area (Å²) >= 11 is 0. The molecule has 11 rings (SSSR count). The molecule has 0 saturated heterocycles. The van der Waals surface area contributed by atoms with Gasteiger partial charge in [0, 0.05) is 49.0 Å². The van der Waals surface area contributed by atoms with Gasteiger partial charge in [0.25, 0.3) is 0 Å². The van der Waals surface area contributed by atoms with E-state index in [1.54, 1.807) is 0 Å². The average Bonchev–Trinajstić information content (AvgIpc) is 3.98. The SMILES string of the molecule is C=NC(=NC(=NCc1ccc(-c2ccccc2)cc1)c1ccc2oc3ccccc3c2c1)c1cccc2oc3c(-c4cccc5oc6ccccc6c45)cccc3c12. The van der Waals surface area contributed by atoms with E-state index in [2.05, 4.69) is 103 Å². The maximum Gasteiger partial charge on any atom is 0.161 e. The number of aliphatic imine (C=N–C) groups is 3. The van der Waals surface area contributed by atoms with Crippen LogP contribution in [-0.2, 0) is 6.54 Å². The minimum Gasteiger partial charge on any atom is -0.456 e. The van der Waals surface area contributed by atoms with Gasteiger partial charge in [-0.25, -0.2) is 9.98 Å². The molecule has 0 radical (unpaired) electrons. The molecule has 0 spiro atoms. The van der Waals surface area contributed by atoms with Crippen molar-refractivity contribution in [1.29, 1.82) is 0 Å². The highest BCUT2D eigenvalue weighted by atomic mass is 16.3. The lowest BCUT2D eigenvalue weighted by atomic mass is 9.97. The van der Waals surface area contributed by atoms with Crippen LogP contribution in [0, 0.1) is 0 Å². The number of para-hydroxylation sites is 3. The Balaban J connectivity index is 1.06. The summed E-state index contributed by atoms with van der Waals surface area (Å²) in [5.41, 5.74) is 11.9. The first-order chi connectivity index (χ1) is 28.7. The Morgan fingerprint density at radius 3 is 1.90 bits per heavy atom. The standard InChI is InChI=1S/C52H33N3O3/c1-53-52(41-19-11-23-47-49(41)40-18-9-17-38(50(40)58-47)37-16-10-22-46-48(37)39-15-6-8-21-44(39)57-46)55-51(35-28-29-45-42(30-35)36-14-5-7-20-43(36)56-45)54-31-32-24-26-34(27-25-32)33-12-3-2-4-13-33/h2-30H,1,31H2. The molecule has 3 aromatic heterocycles. The van der Waals surface area contributed by atoms with Crippen molar-refractivity contribution in [2.45, 2.75) is 6.54 Å². The van der Waals surface area contributed by atoms with Crippen molar-refractivity contribution in [2.24, 2.45) is 15.0 Å². The van der Waals surface area contributed by atoms with Crippen LogP contribution in [0.15, 0.2) is 204 Å². The zero-order chi connectivity index (χ0) is 38.6. The summed E-state index contributed by atoms with van der Waals surface area (Å²) in [6.45, 7) is 4.44. The molecule has 8 aromatic carbocycles. The van der Waals surface area contributed by atoms with Crippen LogP contribution in [0.4, 0.5) is 0 Å². The number of hydrogen-bond acceptors (Lipinski definition) is 4. The Labute approximate surface area is 332 Å². The van der Waals surface area contributed by atoms with E-state index in [1.807, 2.05) is 84.9 Å². The van der Waals surface area contributed by atoms with E-state index in [4.69, 9.17) is 23.2 Å². The van der Waals surface area contributed by atoms with Crippen molar-refractivity contribution in [3.8, 4) is 22.3 Å². The third-order valence-corrected chi connectivity index (χ3v) is 10.9. The predicted molar refractivity (Wildman–Crippen MR) is 238 cm³/mol. The van der Waals surface area contributed by atoms with Crippen LogP contribution < -0.4 is 0 Å². The molecule has 58 heavy (non-hydrogen) atoms. The summed E-state index contributed by atoms with van der Waals surface area (Å²) < 4.78 is 19.2. The molecule has 0 saturated carbocycles. The number of nitrogens with zero attached hydrogens (tertiary/aromatic N) is 3. The van der Waals surface area contributed by atoms with Gasteiger partial charge >= 0.3 is 0 Å². The number of rotatable bonds is 6. The molecule has 11 aromatic rings. The van der Waals surface area contributed by atoms with Crippen LogP contribution in [-0.4, -0.2) is 18.4 Å². The van der Waals surface area contributed by atoms with Crippen molar-refractivity contribution in [3.05, 3.63) is 193 Å². The topological polar surface area (TPSA) is 76.5 Å². The lowest BCUT2D eigenvalue weighted by molar-refractivity contribution is 0.668. The largest absolute Gasteiger partial charge is 0.456 e. The summed E-state index contributed by atoms with van der Waals surface area (Å²) in [5.74, 6) is 0.975. The third-order valence-electron chi connectivity index (χ3n) is 10.9. The van der Waals surface area contributed by atoms with Crippen LogP contribution >= 0.6 is 0 Å². The van der Waals surface area contributed by atoms with Crippen molar-refractivity contribution in [1.82, 2.24) is 0 Å². The molecule has 0 aliphatic carbocycles. The van der Waals surface area contributed by atoms with Gasteiger partial charge in [-0.2, -0.15) is 0 Å². The zero-order valence-electron chi connectivity index (χ0n) is 31.2. The van der Waals surface area contributed by atoms with Gasteiger partial charge in [-0.1, -0.05) is 133 Å². The van der Waals surface area contributed by atoms with Crippen LogP contribution in [0.3, 0.4) is 0 Å². The van der Waals surface area contributed by atoms with Crippen LogP contribution in [0.25, 0.3) is 88.1 Å². The van der Waals surface area contributed by atoms with E-state index >= 15 is 0 Å². The van der Waals surface area contributed by atoms with Gasteiger partial charge in [0.2, 0.25) is 0 Å². The minimum absolute atomic E-state index is 0.416. The maximum atomic E-state index is 6.74. The summed E-state index contributed by atoms with van der Waals surface area (Å²) in [4.78, 5) is 14.9. The second-order valence-corrected chi connectivity index (χ2v) is 14.3. The quantitative estimate of drug-likeness (QED) is 0.125. The summed E-state index contributed by atoms with van der Waals surface area (Å²) in [6.07, 6.45) is 0. The fourth-order valence-corrected chi connectivity index (χ4v) is 8.18. The number of benzene rings is 8. The van der Waals surface area contributed by atoms with Gasteiger partial charge in [0.05, 0.1) is 6.54 Å². The fraction of sp³-hybridized carbons (Fsp3) is 0.0192. The van der Waals surface area contributed by atoms with Crippen molar-refractivity contribution < 1.29 is 13.3 Å². The molecule has 3 heterocycles. The molecule has 0 unspecified atom stereocenters. The molecule has 0 bridgehead atoms. The molecule has 6 heteroatoms. The summed E-state index contributed by atoms with van der Waals surface area (Å²) in [5, 5.41) is 6.00. The van der Waals surface area contributed by atoms with Gasteiger partial charge in [0.15, 0.2) is 11.7 Å². The molecule has 274 valence electrons. The molecule has 0 atom stereocenters. The molecule has 0 aliphatic rings. The number of hydrogen-bond donors (Lipinski definition) is 0. The van der Waals surface area contributed by atoms with Crippen molar-refractivity contribution >= 4 is 84.2 Å². The fourth-order valence-electron chi connectivity index (χ4n) is 8.18. The van der Waals surface area contributed by atoms with E-state index in [-0.39, 0.29) is 0 Å². The molecule has 6 nitrogen and oxygen atoms in total. The Morgan fingerprint density at radius 1 is 0.448 bits per heavy atom. The van der Waals surface area contributed by atoms with E-state index in [9.17, 15) is 0 Å². The Bertz CT molecular complexity index is 3440. The summed E-state index contributed by atoms with van der Waals surface area (Å²) in [7, 11) is 0. The van der Waals surface area contributed by atoms with Crippen LogP contribution in [0.2, 0.25) is 0 Å². The van der Waals surface area contributed by atoms with Crippen LogP contribution in [0.5, 0.6) is 0 Å². The third kappa shape index (κ3) is 5.61. The number of furan rings is 3. The highest BCUT2D eigenvalue weighted by Crippen LogP contribution is 2.42. The van der Waals surface area contributed by atoms with Crippen LogP contribution in [0.1, 0.15) is 16.7 Å². The van der Waals surface area contributed by atoms with Crippen molar-refractivity contribution in [2.75, 3.05) is 0 Å².